The van der Waals surface area contributed by atoms with E-state index in [1.54, 1.807) is 7.05 Å². The maximum atomic E-state index is 10.6. The molecule has 1 aromatic carbocycles. The number of rotatable bonds is 4. The number of benzene rings is 1. The summed E-state index contributed by atoms with van der Waals surface area (Å²) in [6.07, 6.45) is -0.239. The Hall–Kier alpha value is -1.55. The van der Waals surface area contributed by atoms with Crippen molar-refractivity contribution in [3.05, 3.63) is 35.9 Å². The molecule has 1 aromatic rings. The zero-order valence-electron chi connectivity index (χ0n) is 8.10. The second-order valence-corrected chi connectivity index (χ2v) is 2.89. The molecule has 14 heavy (non-hydrogen) atoms. The molecule has 4 nitrogen and oxygen atoms in total. The molecule has 0 bridgehead atoms. The van der Waals surface area contributed by atoms with E-state index in [0.717, 1.165) is 10.6 Å². The van der Waals surface area contributed by atoms with E-state index in [9.17, 15) is 4.79 Å². The summed E-state index contributed by atoms with van der Waals surface area (Å²) in [6.45, 7) is 0.454. The van der Waals surface area contributed by atoms with Gasteiger partial charge in [-0.15, -0.1) is 0 Å². The van der Waals surface area contributed by atoms with Crippen LogP contribution in [0, 0.1) is 0 Å². The van der Waals surface area contributed by atoms with Crippen LogP contribution in [0.4, 0.5) is 4.79 Å². The monoisotopic (exact) mass is 194 g/mol. The molecular formula is C10H14N2O2. The molecular weight excluding hydrogens is 180 g/mol. The third-order valence-electron chi connectivity index (χ3n) is 1.97. The second-order valence-electron chi connectivity index (χ2n) is 2.89. The van der Waals surface area contributed by atoms with Gasteiger partial charge < -0.3 is 5.11 Å². The van der Waals surface area contributed by atoms with Gasteiger partial charge in [0.05, 0.1) is 0 Å². The lowest BCUT2D eigenvalue weighted by Gasteiger charge is -2.16. The predicted octanol–water partition coefficient (Wildman–Crippen LogP) is 1.34. The number of hydrogen-bond donors (Lipinski definition) is 2. The Bertz CT molecular complexity index is 287. The molecule has 0 aliphatic carbocycles. The largest absolute Gasteiger partial charge is 0.464 e. The second kappa shape index (κ2) is 5.24. The number of carboxylic acid groups (broad SMARTS) is 1. The average molecular weight is 194 g/mol. The summed E-state index contributed by atoms with van der Waals surface area (Å²) in [7, 11) is 1.60. The van der Waals surface area contributed by atoms with Crippen molar-refractivity contribution in [3.63, 3.8) is 0 Å². The fourth-order valence-electron chi connectivity index (χ4n) is 1.19. The van der Waals surface area contributed by atoms with E-state index in [0.29, 0.717) is 13.0 Å². The molecule has 0 saturated heterocycles. The summed E-state index contributed by atoms with van der Waals surface area (Å²) in [4.78, 5) is 10.6. The van der Waals surface area contributed by atoms with Crippen LogP contribution >= 0.6 is 0 Å². The maximum absolute atomic E-state index is 10.6. The molecule has 2 N–H and O–H groups in total. The van der Waals surface area contributed by atoms with Crippen molar-refractivity contribution in [2.75, 3.05) is 13.6 Å². The molecule has 0 unspecified atom stereocenters. The molecule has 4 heteroatoms. The molecule has 0 aliphatic heterocycles. The van der Waals surface area contributed by atoms with Crippen LogP contribution in [-0.4, -0.2) is 29.8 Å². The van der Waals surface area contributed by atoms with E-state index in [2.05, 4.69) is 5.43 Å². The van der Waals surface area contributed by atoms with Crippen molar-refractivity contribution in [2.24, 2.45) is 0 Å². The minimum absolute atomic E-state index is 0.454. The maximum Gasteiger partial charge on any atom is 0.421 e. The van der Waals surface area contributed by atoms with Gasteiger partial charge in [-0.1, -0.05) is 30.3 Å². The first-order chi connectivity index (χ1) is 6.74. The molecule has 0 radical (unpaired) electrons. The minimum Gasteiger partial charge on any atom is -0.464 e. The van der Waals surface area contributed by atoms with Gasteiger partial charge in [0, 0.05) is 13.6 Å². The molecule has 0 saturated carbocycles. The Morgan fingerprint density at radius 1 is 1.43 bits per heavy atom. The van der Waals surface area contributed by atoms with Gasteiger partial charge in [0.1, 0.15) is 0 Å². The molecule has 1 amide bonds. The molecule has 0 heterocycles. The molecule has 0 aromatic heterocycles. The molecule has 76 valence electrons. The Morgan fingerprint density at radius 3 is 2.57 bits per heavy atom. The van der Waals surface area contributed by atoms with Gasteiger partial charge in [-0.3, -0.25) is 0 Å². The molecule has 0 aliphatic rings. The highest BCUT2D eigenvalue weighted by molar-refractivity contribution is 5.64. The fourth-order valence-corrected chi connectivity index (χ4v) is 1.19. The Morgan fingerprint density at radius 2 is 2.07 bits per heavy atom. The summed E-state index contributed by atoms with van der Waals surface area (Å²) in [5, 5.41) is 9.87. The summed E-state index contributed by atoms with van der Waals surface area (Å²) in [5.41, 5.74) is 3.74. The van der Waals surface area contributed by atoms with Gasteiger partial charge in [-0.2, -0.15) is 0 Å². The SMILES string of the molecule is CNN(CCc1ccccc1)C(=O)O. The van der Waals surface area contributed by atoms with Crippen molar-refractivity contribution in [1.82, 2.24) is 10.4 Å². The van der Waals surface area contributed by atoms with E-state index < -0.39 is 6.09 Å². The van der Waals surface area contributed by atoms with Crippen molar-refractivity contribution < 1.29 is 9.90 Å². The van der Waals surface area contributed by atoms with Crippen molar-refractivity contribution >= 4 is 6.09 Å². The van der Waals surface area contributed by atoms with Gasteiger partial charge in [0.25, 0.3) is 0 Å². The zero-order chi connectivity index (χ0) is 10.4. The first-order valence-electron chi connectivity index (χ1n) is 4.46. The van der Waals surface area contributed by atoms with Gasteiger partial charge in [0.2, 0.25) is 0 Å². The van der Waals surface area contributed by atoms with E-state index in [4.69, 9.17) is 5.11 Å². The van der Waals surface area contributed by atoms with Gasteiger partial charge in [-0.05, 0) is 12.0 Å². The normalized spacial score (nSPS) is 9.79. The van der Waals surface area contributed by atoms with Crippen LogP contribution < -0.4 is 5.43 Å². The van der Waals surface area contributed by atoms with Gasteiger partial charge in [-0.25, -0.2) is 15.2 Å². The average Bonchev–Trinajstić information content (AvgIpc) is 2.20. The van der Waals surface area contributed by atoms with Crippen LogP contribution in [0.3, 0.4) is 0 Å². The topological polar surface area (TPSA) is 52.6 Å². The summed E-state index contributed by atoms with van der Waals surface area (Å²) in [6, 6.07) is 9.79. The number of carbonyl (C=O) groups is 1. The van der Waals surface area contributed by atoms with Crippen LogP contribution in [0.5, 0.6) is 0 Å². The highest BCUT2D eigenvalue weighted by Crippen LogP contribution is 2.00. The third kappa shape index (κ3) is 3.06. The molecule has 0 atom stereocenters. The third-order valence-corrected chi connectivity index (χ3v) is 1.97. The highest BCUT2D eigenvalue weighted by atomic mass is 16.4. The minimum atomic E-state index is -0.955. The predicted molar refractivity (Wildman–Crippen MR) is 53.9 cm³/mol. The number of amides is 1. The van der Waals surface area contributed by atoms with Crippen molar-refractivity contribution in [1.29, 1.82) is 0 Å². The van der Waals surface area contributed by atoms with E-state index >= 15 is 0 Å². The first kappa shape index (κ1) is 10.5. The van der Waals surface area contributed by atoms with Crippen LogP contribution in [0.15, 0.2) is 30.3 Å². The molecule has 1 rings (SSSR count). The number of nitrogens with zero attached hydrogens (tertiary/aromatic N) is 1. The van der Waals surface area contributed by atoms with Crippen LogP contribution in [-0.2, 0) is 6.42 Å². The smallest absolute Gasteiger partial charge is 0.421 e. The molecule has 0 fully saturated rings. The summed E-state index contributed by atoms with van der Waals surface area (Å²) >= 11 is 0. The summed E-state index contributed by atoms with van der Waals surface area (Å²) in [5.74, 6) is 0. The van der Waals surface area contributed by atoms with E-state index in [1.807, 2.05) is 30.3 Å². The number of hydrazine groups is 1. The lowest BCUT2D eigenvalue weighted by Crippen LogP contribution is -2.40. The number of nitrogens with one attached hydrogen (secondary N) is 1. The van der Waals surface area contributed by atoms with E-state index in [-0.39, 0.29) is 0 Å². The summed E-state index contributed by atoms with van der Waals surface area (Å²) < 4.78 is 0. The fraction of sp³-hybridized carbons (Fsp3) is 0.300. The van der Waals surface area contributed by atoms with E-state index in [1.165, 1.54) is 0 Å². The van der Waals surface area contributed by atoms with Gasteiger partial charge in [0.15, 0.2) is 0 Å². The standard InChI is InChI=1S/C10H14N2O2/c1-11-12(10(13)14)8-7-9-5-3-2-4-6-9/h2-6,11H,7-8H2,1H3,(H,13,14). The Labute approximate surface area is 83.1 Å². The number of hydrogen-bond acceptors (Lipinski definition) is 2. The Balaban J connectivity index is 2.44. The molecule has 0 spiro atoms. The van der Waals surface area contributed by atoms with Crippen molar-refractivity contribution in [2.45, 2.75) is 6.42 Å². The van der Waals surface area contributed by atoms with Crippen molar-refractivity contribution in [3.8, 4) is 0 Å². The van der Waals surface area contributed by atoms with Gasteiger partial charge >= 0.3 is 6.09 Å². The zero-order valence-corrected chi connectivity index (χ0v) is 8.10. The lowest BCUT2D eigenvalue weighted by atomic mass is 10.1. The lowest BCUT2D eigenvalue weighted by molar-refractivity contribution is 0.127. The van der Waals surface area contributed by atoms with Crippen LogP contribution in [0.1, 0.15) is 5.56 Å². The Kier molecular flexibility index (Phi) is 3.94. The van der Waals surface area contributed by atoms with Crippen LogP contribution in [0.2, 0.25) is 0 Å². The first-order valence-corrected chi connectivity index (χ1v) is 4.46. The van der Waals surface area contributed by atoms with Crippen LogP contribution in [0.25, 0.3) is 0 Å². The quantitative estimate of drug-likeness (QED) is 0.711. The highest BCUT2D eigenvalue weighted by Gasteiger charge is 2.07.